The highest BCUT2D eigenvalue weighted by atomic mass is 35.5. The maximum absolute atomic E-state index is 10.3. The lowest BCUT2D eigenvalue weighted by atomic mass is 9.96. The maximum Gasteiger partial charge on any atom is 0.123 e. The Morgan fingerprint density at radius 3 is 1.38 bits per heavy atom. The number of phenols is 2. The first-order valence-corrected chi connectivity index (χ1v) is 7.44. The van der Waals surface area contributed by atoms with Crippen LogP contribution in [0.2, 0.25) is 10.0 Å². The molecule has 2 aromatic carbocycles. The Hall–Kier alpha value is -1.38. The first kappa shape index (κ1) is 16.0. The van der Waals surface area contributed by atoms with Crippen LogP contribution >= 0.6 is 23.2 Å². The molecular formula is C17H18Cl2O2. The summed E-state index contributed by atoms with van der Waals surface area (Å²) in [5.74, 6) is 0.306. The van der Waals surface area contributed by atoms with Crippen molar-refractivity contribution in [1.82, 2.24) is 0 Å². The van der Waals surface area contributed by atoms with Crippen LogP contribution in [-0.2, 0) is 6.42 Å². The van der Waals surface area contributed by atoms with Gasteiger partial charge < -0.3 is 10.2 Å². The number of aromatic hydroxyl groups is 2. The predicted octanol–water partition coefficient (Wildman–Crippen LogP) is 5.23. The van der Waals surface area contributed by atoms with Gasteiger partial charge in [-0.05, 0) is 49.9 Å². The Balaban J connectivity index is 2.64. The van der Waals surface area contributed by atoms with Crippen LogP contribution in [-0.4, -0.2) is 10.2 Å². The number of phenolic OH excluding ortho intramolecular Hbond substituents is 2. The van der Waals surface area contributed by atoms with Gasteiger partial charge >= 0.3 is 0 Å². The molecule has 2 nitrogen and oxygen atoms in total. The van der Waals surface area contributed by atoms with E-state index in [1.807, 2.05) is 39.8 Å². The molecule has 2 N–H and O–H groups in total. The Labute approximate surface area is 135 Å². The van der Waals surface area contributed by atoms with Gasteiger partial charge in [-0.2, -0.15) is 0 Å². The first-order valence-electron chi connectivity index (χ1n) is 6.69. The number of aryl methyl sites for hydroxylation is 4. The van der Waals surface area contributed by atoms with Gasteiger partial charge in [0.2, 0.25) is 0 Å². The third kappa shape index (κ3) is 2.83. The smallest absolute Gasteiger partial charge is 0.123 e. The number of halogens is 2. The van der Waals surface area contributed by atoms with Crippen molar-refractivity contribution in [2.75, 3.05) is 0 Å². The zero-order valence-corrected chi connectivity index (χ0v) is 14.0. The van der Waals surface area contributed by atoms with Crippen LogP contribution in [0.25, 0.3) is 0 Å². The van der Waals surface area contributed by atoms with Crippen molar-refractivity contribution in [2.45, 2.75) is 34.1 Å². The van der Waals surface area contributed by atoms with E-state index in [2.05, 4.69) is 0 Å². The summed E-state index contributed by atoms with van der Waals surface area (Å²) in [5.41, 5.74) is 4.48. The standard InChI is InChI=1S/C17H18Cl2O2/c1-8-5-10(3)16(20)12(14(8)18)7-13-15(19)9(2)6-11(4)17(13)21/h5-6,20-21H,7H2,1-4H3. The minimum atomic E-state index is 0.153. The molecule has 0 fully saturated rings. The normalized spacial score (nSPS) is 11.0. The minimum Gasteiger partial charge on any atom is -0.507 e. The van der Waals surface area contributed by atoms with Crippen LogP contribution in [0.1, 0.15) is 33.4 Å². The summed E-state index contributed by atoms with van der Waals surface area (Å²) in [6.07, 6.45) is 0.292. The van der Waals surface area contributed by atoms with E-state index in [9.17, 15) is 10.2 Å². The molecule has 0 aliphatic heterocycles. The predicted molar refractivity (Wildman–Crippen MR) is 88.0 cm³/mol. The highest BCUT2D eigenvalue weighted by Crippen LogP contribution is 2.39. The molecule has 0 heterocycles. The van der Waals surface area contributed by atoms with E-state index < -0.39 is 0 Å². The van der Waals surface area contributed by atoms with Gasteiger partial charge in [0.25, 0.3) is 0 Å². The lowest BCUT2D eigenvalue weighted by Crippen LogP contribution is -1.98. The van der Waals surface area contributed by atoms with Crippen molar-refractivity contribution in [1.29, 1.82) is 0 Å². The second-order valence-electron chi connectivity index (χ2n) is 5.48. The average molecular weight is 325 g/mol. The van der Waals surface area contributed by atoms with Crippen LogP contribution in [0.3, 0.4) is 0 Å². The lowest BCUT2D eigenvalue weighted by molar-refractivity contribution is 0.458. The summed E-state index contributed by atoms with van der Waals surface area (Å²) < 4.78 is 0. The molecule has 0 unspecified atom stereocenters. The zero-order chi connectivity index (χ0) is 15.9. The van der Waals surface area contributed by atoms with Crippen molar-refractivity contribution in [3.63, 3.8) is 0 Å². The number of hydrogen-bond acceptors (Lipinski definition) is 2. The van der Waals surface area contributed by atoms with Crippen molar-refractivity contribution < 1.29 is 10.2 Å². The molecule has 0 saturated carbocycles. The topological polar surface area (TPSA) is 40.5 Å². The molecule has 0 aliphatic carbocycles. The summed E-state index contributed by atoms with van der Waals surface area (Å²) in [5, 5.41) is 21.6. The van der Waals surface area contributed by atoms with E-state index >= 15 is 0 Å². The summed E-state index contributed by atoms with van der Waals surface area (Å²) >= 11 is 12.6. The van der Waals surface area contributed by atoms with E-state index in [4.69, 9.17) is 23.2 Å². The summed E-state index contributed by atoms with van der Waals surface area (Å²) in [6.45, 7) is 7.43. The molecule has 0 amide bonds. The second-order valence-corrected chi connectivity index (χ2v) is 6.24. The van der Waals surface area contributed by atoms with Gasteiger partial charge in [0.1, 0.15) is 11.5 Å². The Morgan fingerprint density at radius 1 is 0.714 bits per heavy atom. The summed E-state index contributed by atoms with van der Waals surface area (Å²) in [6, 6.07) is 3.67. The largest absolute Gasteiger partial charge is 0.507 e. The molecule has 2 rings (SSSR count). The van der Waals surface area contributed by atoms with E-state index in [-0.39, 0.29) is 11.5 Å². The third-order valence-electron chi connectivity index (χ3n) is 3.76. The van der Waals surface area contributed by atoms with Crippen molar-refractivity contribution >= 4 is 23.2 Å². The van der Waals surface area contributed by atoms with Crippen molar-refractivity contribution in [2.24, 2.45) is 0 Å². The van der Waals surface area contributed by atoms with Gasteiger partial charge in [-0.1, -0.05) is 35.3 Å². The van der Waals surface area contributed by atoms with Gasteiger partial charge in [-0.25, -0.2) is 0 Å². The van der Waals surface area contributed by atoms with Gasteiger partial charge in [0, 0.05) is 17.5 Å². The van der Waals surface area contributed by atoms with Gasteiger partial charge in [0.05, 0.1) is 10.0 Å². The Morgan fingerprint density at radius 2 is 1.05 bits per heavy atom. The van der Waals surface area contributed by atoms with Gasteiger partial charge in [0.15, 0.2) is 0 Å². The second kappa shape index (κ2) is 5.78. The average Bonchev–Trinajstić information content (AvgIpc) is 2.42. The Bertz CT molecular complexity index is 608. The third-order valence-corrected chi connectivity index (χ3v) is 4.81. The summed E-state index contributed by atoms with van der Waals surface area (Å²) in [4.78, 5) is 0. The van der Waals surface area contributed by atoms with E-state index in [1.54, 1.807) is 0 Å². The molecule has 0 aromatic heterocycles. The molecule has 4 heteroatoms. The fraction of sp³-hybridized carbons (Fsp3) is 0.294. The van der Waals surface area contributed by atoms with Crippen molar-refractivity contribution in [3.05, 3.63) is 55.6 Å². The molecule has 0 radical (unpaired) electrons. The number of benzene rings is 2. The molecule has 0 spiro atoms. The highest BCUT2D eigenvalue weighted by molar-refractivity contribution is 6.33. The molecule has 0 bridgehead atoms. The molecule has 2 aromatic rings. The van der Waals surface area contributed by atoms with Crippen molar-refractivity contribution in [3.8, 4) is 11.5 Å². The van der Waals surface area contributed by atoms with E-state index in [1.165, 1.54) is 0 Å². The monoisotopic (exact) mass is 324 g/mol. The quantitative estimate of drug-likeness (QED) is 0.794. The van der Waals surface area contributed by atoms with E-state index in [0.29, 0.717) is 27.6 Å². The first-order chi connectivity index (χ1) is 9.73. The minimum absolute atomic E-state index is 0.153. The molecule has 0 aliphatic rings. The van der Waals surface area contributed by atoms with Crippen LogP contribution in [0, 0.1) is 27.7 Å². The number of rotatable bonds is 2. The lowest BCUT2D eigenvalue weighted by Gasteiger charge is -2.16. The van der Waals surface area contributed by atoms with Gasteiger partial charge in [-0.3, -0.25) is 0 Å². The summed E-state index contributed by atoms with van der Waals surface area (Å²) in [7, 11) is 0. The molecule has 112 valence electrons. The Kier molecular flexibility index (Phi) is 4.40. The fourth-order valence-electron chi connectivity index (χ4n) is 2.57. The van der Waals surface area contributed by atoms with Crippen LogP contribution in [0.4, 0.5) is 0 Å². The van der Waals surface area contributed by atoms with Crippen LogP contribution in [0.15, 0.2) is 12.1 Å². The maximum atomic E-state index is 10.3. The molecular weight excluding hydrogens is 307 g/mol. The van der Waals surface area contributed by atoms with Crippen LogP contribution < -0.4 is 0 Å². The molecule has 21 heavy (non-hydrogen) atoms. The number of hydrogen-bond donors (Lipinski definition) is 2. The van der Waals surface area contributed by atoms with E-state index in [0.717, 1.165) is 22.3 Å². The molecule has 0 atom stereocenters. The fourth-order valence-corrected chi connectivity index (χ4v) is 2.99. The molecule has 0 saturated heterocycles. The van der Waals surface area contributed by atoms with Crippen LogP contribution in [0.5, 0.6) is 11.5 Å². The van der Waals surface area contributed by atoms with Gasteiger partial charge in [-0.15, -0.1) is 0 Å². The SMILES string of the molecule is Cc1cc(C)c(Cl)c(Cc2c(O)c(C)cc(C)c2Cl)c1O. The zero-order valence-electron chi connectivity index (χ0n) is 12.5. The highest BCUT2D eigenvalue weighted by Gasteiger charge is 2.18.